The number of aryl methyl sites for hydroxylation is 1. The SMILES string of the molecule is CCOC(=O)c1ccc(-c2ccc(CON)c(C)c2)cc1. The van der Waals surface area contributed by atoms with Crippen molar-refractivity contribution in [1.29, 1.82) is 0 Å². The molecule has 2 rings (SSSR count). The minimum Gasteiger partial charge on any atom is -0.462 e. The van der Waals surface area contributed by atoms with Crippen LogP contribution < -0.4 is 5.90 Å². The fourth-order valence-corrected chi connectivity index (χ4v) is 2.14. The van der Waals surface area contributed by atoms with Crippen molar-refractivity contribution in [3.8, 4) is 11.1 Å². The Kier molecular flexibility index (Phi) is 5.09. The third kappa shape index (κ3) is 3.68. The Morgan fingerprint density at radius 1 is 1.10 bits per heavy atom. The Labute approximate surface area is 124 Å². The number of carbonyl (C=O) groups excluding carboxylic acids is 1. The third-order valence-corrected chi connectivity index (χ3v) is 3.31. The molecule has 0 fully saturated rings. The maximum absolute atomic E-state index is 11.6. The first kappa shape index (κ1) is 15.2. The molecule has 0 aliphatic carbocycles. The van der Waals surface area contributed by atoms with Crippen LogP contribution in [0, 0.1) is 6.92 Å². The van der Waals surface area contributed by atoms with Gasteiger partial charge in [-0.1, -0.05) is 30.3 Å². The molecule has 0 aliphatic rings. The molecular formula is C17H19NO3. The molecule has 2 aromatic carbocycles. The van der Waals surface area contributed by atoms with E-state index in [1.165, 1.54) is 0 Å². The normalized spacial score (nSPS) is 10.4. The quantitative estimate of drug-likeness (QED) is 0.676. The zero-order chi connectivity index (χ0) is 15.2. The highest BCUT2D eigenvalue weighted by atomic mass is 16.6. The molecule has 4 nitrogen and oxygen atoms in total. The highest BCUT2D eigenvalue weighted by Gasteiger charge is 2.07. The first-order valence-electron chi connectivity index (χ1n) is 6.84. The monoisotopic (exact) mass is 285 g/mol. The van der Waals surface area contributed by atoms with E-state index in [-0.39, 0.29) is 5.97 Å². The lowest BCUT2D eigenvalue weighted by atomic mass is 9.99. The fourth-order valence-electron chi connectivity index (χ4n) is 2.14. The summed E-state index contributed by atoms with van der Waals surface area (Å²) in [6.45, 7) is 4.59. The van der Waals surface area contributed by atoms with Gasteiger partial charge in [0.2, 0.25) is 0 Å². The fraction of sp³-hybridized carbons (Fsp3) is 0.235. The van der Waals surface area contributed by atoms with E-state index >= 15 is 0 Å². The molecular weight excluding hydrogens is 266 g/mol. The standard InChI is InChI=1S/C17H19NO3/c1-3-20-17(19)14-6-4-13(5-7-14)15-8-9-16(11-21-18)12(2)10-15/h4-10H,3,11,18H2,1-2H3. The Hall–Kier alpha value is -2.17. The van der Waals surface area contributed by atoms with E-state index in [9.17, 15) is 4.79 Å². The number of nitrogens with two attached hydrogens (primary N) is 1. The van der Waals surface area contributed by atoms with Crippen molar-refractivity contribution in [2.45, 2.75) is 20.5 Å². The molecule has 2 aromatic rings. The average Bonchev–Trinajstić information content (AvgIpc) is 2.50. The third-order valence-electron chi connectivity index (χ3n) is 3.31. The van der Waals surface area contributed by atoms with Gasteiger partial charge in [0.25, 0.3) is 0 Å². The van der Waals surface area contributed by atoms with E-state index in [2.05, 4.69) is 10.9 Å². The second kappa shape index (κ2) is 7.02. The number of hydrogen-bond donors (Lipinski definition) is 1. The van der Waals surface area contributed by atoms with Crippen molar-refractivity contribution in [3.63, 3.8) is 0 Å². The van der Waals surface area contributed by atoms with Gasteiger partial charge in [0.05, 0.1) is 18.8 Å². The molecule has 0 aromatic heterocycles. The molecule has 0 heterocycles. The molecule has 2 N–H and O–H groups in total. The van der Waals surface area contributed by atoms with Crippen LogP contribution >= 0.6 is 0 Å². The van der Waals surface area contributed by atoms with E-state index in [0.717, 1.165) is 22.3 Å². The van der Waals surface area contributed by atoms with Crippen LogP contribution in [0.15, 0.2) is 42.5 Å². The van der Waals surface area contributed by atoms with E-state index in [0.29, 0.717) is 18.8 Å². The lowest BCUT2D eigenvalue weighted by molar-refractivity contribution is 0.0526. The number of hydrogen-bond acceptors (Lipinski definition) is 4. The molecule has 0 amide bonds. The van der Waals surface area contributed by atoms with Crippen LogP contribution in [0.5, 0.6) is 0 Å². The average molecular weight is 285 g/mol. The van der Waals surface area contributed by atoms with Gasteiger partial charge in [-0.25, -0.2) is 10.7 Å². The van der Waals surface area contributed by atoms with Gasteiger partial charge in [-0.2, -0.15) is 0 Å². The van der Waals surface area contributed by atoms with E-state index in [1.807, 2.05) is 31.2 Å². The number of carbonyl (C=O) groups is 1. The van der Waals surface area contributed by atoms with Crippen molar-refractivity contribution in [3.05, 3.63) is 59.2 Å². The van der Waals surface area contributed by atoms with Crippen LogP contribution in [0.4, 0.5) is 0 Å². The topological polar surface area (TPSA) is 61.5 Å². The molecule has 0 spiro atoms. The van der Waals surface area contributed by atoms with Crippen LogP contribution in [0.1, 0.15) is 28.4 Å². The van der Waals surface area contributed by atoms with E-state index < -0.39 is 0 Å². The van der Waals surface area contributed by atoms with Gasteiger partial charge >= 0.3 is 5.97 Å². The highest BCUT2D eigenvalue weighted by molar-refractivity contribution is 5.90. The van der Waals surface area contributed by atoms with Crippen molar-refractivity contribution >= 4 is 5.97 Å². The molecule has 21 heavy (non-hydrogen) atoms. The van der Waals surface area contributed by atoms with Crippen molar-refractivity contribution in [2.75, 3.05) is 6.61 Å². The highest BCUT2D eigenvalue weighted by Crippen LogP contribution is 2.23. The van der Waals surface area contributed by atoms with Crippen LogP contribution in [-0.4, -0.2) is 12.6 Å². The van der Waals surface area contributed by atoms with Crippen LogP contribution in [-0.2, 0) is 16.2 Å². The summed E-state index contributed by atoms with van der Waals surface area (Å²) in [6.07, 6.45) is 0. The summed E-state index contributed by atoms with van der Waals surface area (Å²) in [5.41, 5.74) is 4.87. The minimum absolute atomic E-state index is 0.296. The van der Waals surface area contributed by atoms with Gasteiger partial charge in [-0.15, -0.1) is 0 Å². The summed E-state index contributed by atoms with van der Waals surface area (Å²) < 4.78 is 4.97. The van der Waals surface area contributed by atoms with Crippen molar-refractivity contribution in [2.24, 2.45) is 5.90 Å². The Bertz CT molecular complexity index is 620. The maximum atomic E-state index is 11.6. The number of rotatable bonds is 5. The molecule has 0 unspecified atom stereocenters. The zero-order valence-corrected chi connectivity index (χ0v) is 12.3. The maximum Gasteiger partial charge on any atom is 0.338 e. The van der Waals surface area contributed by atoms with E-state index in [4.69, 9.17) is 10.6 Å². The Morgan fingerprint density at radius 2 is 1.76 bits per heavy atom. The van der Waals surface area contributed by atoms with Crippen LogP contribution in [0.3, 0.4) is 0 Å². The minimum atomic E-state index is -0.296. The molecule has 0 radical (unpaired) electrons. The summed E-state index contributed by atoms with van der Waals surface area (Å²) in [5.74, 6) is 4.81. The number of esters is 1. The number of benzene rings is 2. The van der Waals surface area contributed by atoms with Crippen LogP contribution in [0.2, 0.25) is 0 Å². The molecule has 4 heteroatoms. The zero-order valence-electron chi connectivity index (χ0n) is 12.3. The summed E-state index contributed by atoms with van der Waals surface area (Å²) in [7, 11) is 0. The summed E-state index contributed by atoms with van der Waals surface area (Å²) >= 11 is 0. The summed E-state index contributed by atoms with van der Waals surface area (Å²) in [4.78, 5) is 16.3. The van der Waals surface area contributed by atoms with Crippen LogP contribution in [0.25, 0.3) is 11.1 Å². The smallest absolute Gasteiger partial charge is 0.338 e. The largest absolute Gasteiger partial charge is 0.462 e. The molecule has 0 saturated carbocycles. The van der Waals surface area contributed by atoms with Gasteiger partial charge in [-0.3, -0.25) is 4.84 Å². The first-order chi connectivity index (χ1) is 10.2. The van der Waals surface area contributed by atoms with Gasteiger partial charge in [0, 0.05) is 0 Å². The van der Waals surface area contributed by atoms with Crippen molar-refractivity contribution in [1.82, 2.24) is 0 Å². The van der Waals surface area contributed by atoms with Gasteiger partial charge in [-0.05, 0) is 48.2 Å². The predicted molar refractivity (Wildman–Crippen MR) is 81.5 cm³/mol. The molecule has 0 atom stereocenters. The predicted octanol–water partition coefficient (Wildman–Crippen LogP) is 3.23. The van der Waals surface area contributed by atoms with E-state index in [1.54, 1.807) is 19.1 Å². The summed E-state index contributed by atoms with van der Waals surface area (Å²) in [6, 6.07) is 13.5. The Morgan fingerprint density at radius 3 is 2.33 bits per heavy atom. The second-order valence-corrected chi connectivity index (χ2v) is 4.75. The second-order valence-electron chi connectivity index (χ2n) is 4.75. The van der Waals surface area contributed by atoms with Gasteiger partial charge in [0.15, 0.2) is 0 Å². The lowest BCUT2D eigenvalue weighted by Gasteiger charge is -2.08. The first-order valence-corrected chi connectivity index (χ1v) is 6.84. The molecule has 0 bridgehead atoms. The van der Waals surface area contributed by atoms with Gasteiger partial charge < -0.3 is 4.74 Å². The lowest BCUT2D eigenvalue weighted by Crippen LogP contribution is -2.04. The summed E-state index contributed by atoms with van der Waals surface area (Å²) in [5, 5.41) is 0. The Balaban J connectivity index is 2.22. The number of ether oxygens (including phenoxy) is 1. The molecule has 0 saturated heterocycles. The van der Waals surface area contributed by atoms with Crippen molar-refractivity contribution < 1.29 is 14.4 Å². The van der Waals surface area contributed by atoms with Gasteiger partial charge in [0.1, 0.15) is 0 Å². The molecule has 0 aliphatic heterocycles. The molecule has 110 valence electrons.